The molecule has 8 heteroatoms. The number of aromatic nitrogens is 3. The van der Waals surface area contributed by atoms with Crippen molar-refractivity contribution in [2.75, 3.05) is 6.54 Å². The van der Waals surface area contributed by atoms with Crippen molar-refractivity contribution < 1.29 is 23.7 Å². The van der Waals surface area contributed by atoms with Gasteiger partial charge in [-0.05, 0) is 55.0 Å². The number of carbonyl (C=O) groups is 2. The number of carbonyl (C=O) groups excluding carboxylic acids is 2. The van der Waals surface area contributed by atoms with Crippen molar-refractivity contribution in [3.8, 4) is 11.6 Å². The lowest BCUT2D eigenvalue weighted by Crippen LogP contribution is -2.41. The van der Waals surface area contributed by atoms with E-state index in [2.05, 4.69) is 5.10 Å². The van der Waals surface area contributed by atoms with E-state index in [-0.39, 0.29) is 35.2 Å². The third-order valence-corrected chi connectivity index (χ3v) is 5.64. The van der Waals surface area contributed by atoms with Crippen molar-refractivity contribution in [3.05, 3.63) is 71.4 Å². The van der Waals surface area contributed by atoms with Gasteiger partial charge in [-0.15, -0.1) is 0 Å². The summed E-state index contributed by atoms with van der Waals surface area (Å²) in [7, 11) is 0. The molecule has 1 aliphatic heterocycles. The Labute approximate surface area is 197 Å². The highest BCUT2D eigenvalue weighted by molar-refractivity contribution is 6.45. The molecule has 0 saturated carbocycles. The van der Waals surface area contributed by atoms with Crippen LogP contribution >= 0.6 is 0 Å². The van der Waals surface area contributed by atoms with Gasteiger partial charge in [0, 0.05) is 23.7 Å². The molecule has 0 atom stereocenters. The second-order valence-corrected chi connectivity index (χ2v) is 9.24. The summed E-state index contributed by atoms with van der Waals surface area (Å²) in [6, 6.07) is 9.06. The van der Waals surface area contributed by atoms with Gasteiger partial charge in [-0.3, -0.25) is 14.5 Å². The average molecular weight is 463 g/mol. The summed E-state index contributed by atoms with van der Waals surface area (Å²) in [5, 5.41) is 18.2. The highest BCUT2D eigenvalue weighted by atomic mass is 19.1. The molecule has 0 unspecified atom stereocenters. The third kappa shape index (κ3) is 4.00. The molecule has 0 bridgehead atoms. The van der Waals surface area contributed by atoms with Crippen molar-refractivity contribution in [1.29, 1.82) is 0 Å². The Hall–Kier alpha value is -3.81. The first-order valence-electron chi connectivity index (χ1n) is 11.2. The maximum Gasteiger partial charge on any atom is 0.326 e. The monoisotopic (exact) mass is 462 g/mol. The van der Waals surface area contributed by atoms with Crippen LogP contribution in [0.5, 0.6) is 5.88 Å². The van der Waals surface area contributed by atoms with Crippen molar-refractivity contribution in [2.45, 2.75) is 40.5 Å². The molecule has 1 aromatic carbocycles. The van der Waals surface area contributed by atoms with Gasteiger partial charge in [0.2, 0.25) is 0 Å². The number of nitrogens with zero attached hydrogens (tertiary/aromatic N) is 4. The number of halogens is 1. The molecule has 0 spiro atoms. The van der Waals surface area contributed by atoms with E-state index in [9.17, 15) is 19.1 Å². The van der Waals surface area contributed by atoms with E-state index in [4.69, 9.17) is 0 Å². The highest BCUT2D eigenvalue weighted by Crippen LogP contribution is 2.39. The Morgan fingerprint density at radius 2 is 1.74 bits per heavy atom. The first kappa shape index (κ1) is 23.4. The Morgan fingerprint density at radius 3 is 2.32 bits per heavy atom. The van der Waals surface area contributed by atoms with Crippen molar-refractivity contribution >= 4 is 23.1 Å². The lowest BCUT2D eigenvalue weighted by molar-refractivity contribution is -0.577. The largest absolute Gasteiger partial charge is 0.858 e. The second-order valence-electron chi connectivity index (χ2n) is 9.24. The zero-order chi connectivity index (χ0) is 24.7. The SMILES string of the molecule is Cc1ccc[n+](C2=C(c3c(C(C)C)nn(-c4ccc(F)cc4)c3[O-])C(=O)N(CC(C)C)C2=O)c1. The molecule has 0 fully saturated rings. The quantitative estimate of drug-likeness (QED) is 0.416. The third-order valence-electron chi connectivity index (χ3n) is 5.64. The molecule has 3 heterocycles. The van der Waals surface area contributed by atoms with Gasteiger partial charge in [0.1, 0.15) is 11.4 Å². The molecule has 0 radical (unpaired) electrons. The van der Waals surface area contributed by atoms with E-state index in [0.29, 0.717) is 11.4 Å². The Kier molecular flexibility index (Phi) is 6.08. The molecule has 7 nitrogen and oxygen atoms in total. The Morgan fingerprint density at radius 1 is 1.06 bits per heavy atom. The fraction of sp³-hybridized carbons (Fsp3) is 0.308. The van der Waals surface area contributed by atoms with Crippen LogP contribution in [0, 0.1) is 18.7 Å². The highest BCUT2D eigenvalue weighted by Gasteiger charge is 2.47. The normalized spacial score (nSPS) is 14.3. The Balaban J connectivity index is 2.01. The number of pyridine rings is 1. The number of imide groups is 1. The van der Waals surface area contributed by atoms with Crippen LogP contribution in [0.25, 0.3) is 17.0 Å². The number of hydrogen-bond donors (Lipinski definition) is 0. The van der Waals surface area contributed by atoms with Gasteiger partial charge in [-0.25, -0.2) is 9.07 Å². The van der Waals surface area contributed by atoms with E-state index in [1.165, 1.54) is 33.8 Å². The van der Waals surface area contributed by atoms with Crippen LogP contribution in [0.3, 0.4) is 0 Å². The van der Waals surface area contributed by atoms with Crippen LogP contribution in [0.15, 0.2) is 48.8 Å². The molecular weight excluding hydrogens is 435 g/mol. The predicted molar refractivity (Wildman–Crippen MR) is 123 cm³/mol. The van der Waals surface area contributed by atoms with Crippen molar-refractivity contribution in [2.24, 2.45) is 5.92 Å². The van der Waals surface area contributed by atoms with Crippen molar-refractivity contribution in [3.63, 3.8) is 0 Å². The van der Waals surface area contributed by atoms with Gasteiger partial charge in [-0.2, -0.15) is 9.67 Å². The van der Waals surface area contributed by atoms with Gasteiger partial charge in [0.05, 0.1) is 11.4 Å². The molecule has 2 aromatic heterocycles. The van der Waals surface area contributed by atoms with Gasteiger partial charge in [-0.1, -0.05) is 27.7 Å². The molecule has 2 amide bonds. The van der Waals surface area contributed by atoms with Crippen LogP contribution in [-0.2, 0) is 9.59 Å². The lowest BCUT2D eigenvalue weighted by atomic mass is 9.98. The van der Waals surface area contributed by atoms with Gasteiger partial charge in [0.15, 0.2) is 12.4 Å². The second kappa shape index (κ2) is 8.85. The van der Waals surface area contributed by atoms with E-state index >= 15 is 0 Å². The summed E-state index contributed by atoms with van der Waals surface area (Å²) in [6.07, 6.45) is 3.44. The number of amides is 2. The summed E-state index contributed by atoms with van der Waals surface area (Å²) in [5.41, 5.74) is 1.96. The fourth-order valence-electron chi connectivity index (χ4n) is 4.11. The van der Waals surface area contributed by atoms with Gasteiger partial charge < -0.3 is 5.11 Å². The molecule has 176 valence electrons. The molecule has 0 N–H and O–H groups in total. The molecule has 1 aliphatic rings. The van der Waals surface area contributed by atoms with E-state index in [0.717, 1.165) is 5.56 Å². The topological polar surface area (TPSA) is 82.1 Å². The number of benzene rings is 1. The first-order valence-corrected chi connectivity index (χ1v) is 11.2. The van der Waals surface area contributed by atoms with Gasteiger partial charge in [0.25, 0.3) is 11.6 Å². The molecule has 3 aromatic rings. The van der Waals surface area contributed by atoms with Crippen molar-refractivity contribution in [1.82, 2.24) is 14.7 Å². The number of rotatable bonds is 6. The Bertz CT molecular complexity index is 1310. The smallest absolute Gasteiger partial charge is 0.326 e. The van der Waals surface area contributed by atoms with Crippen LogP contribution < -0.4 is 9.67 Å². The van der Waals surface area contributed by atoms with Crippen LogP contribution in [-0.4, -0.2) is 33.0 Å². The van der Waals surface area contributed by atoms with Crippen LogP contribution in [0.2, 0.25) is 0 Å². The molecule has 0 aliphatic carbocycles. The van der Waals surface area contributed by atoms with Crippen LogP contribution in [0.4, 0.5) is 4.39 Å². The average Bonchev–Trinajstić information content (AvgIpc) is 3.23. The fourth-order valence-corrected chi connectivity index (χ4v) is 4.11. The molecular formula is C26H27FN4O3. The van der Waals surface area contributed by atoms with E-state index < -0.39 is 23.5 Å². The summed E-state index contributed by atoms with van der Waals surface area (Å²) >= 11 is 0. The van der Waals surface area contributed by atoms with Crippen LogP contribution in [0.1, 0.15) is 50.4 Å². The zero-order valence-electron chi connectivity index (χ0n) is 19.9. The minimum atomic E-state index is -0.524. The summed E-state index contributed by atoms with van der Waals surface area (Å²) < 4.78 is 16.2. The molecule has 4 rings (SSSR count). The van der Waals surface area contributed by atoms with E-state index in [1.807, 2.05) is 40.7 Å². The number of hydrogen-bond acceptors (Lipinski definition) is 4. The van der Waals surface area contributed by atoms with E-state index in [1.54, 1.807) is 23.0 Å². The minimum Gasteiger partial charge on any atom is -0.858 e. The zero-order valence-corrected chi connectivity index (χ0v) is 19.9. The lowest BCUT2D eigenvalue weighted by Gasteiger charge is -2.17. The maximum atomic E-state index is 13.7. The molecule has 34 heavy (non-hydrogen) atoms. The summed E-state index contributed by atoms with van der Waals surface area (Å²) in [5.74, 6) is -2.08. The predicted octanol–water partition coefficient (Wildman–Crippen LogP) is 3.20. The summed E-state index contributed by atoms with van der Waals surface area (Å²) in [4.78, 5) is 28.4. The standard InChI is InChI=1S/C26H27FN4O3/c1-15(2)13-30-24(32)21(23(26(30)34)29-12-6-7-17(5)14-29)20-22(16(3)4)28-31(25(20)33)19-10-8-18(27)9-11-19/h6-12,14-16H,13H2,1-5H3. The minimum absolute atomic E-state index is 0.0447. The van der Waals surface area contributed by atoms with Gasteiger partial charge >= 0.3 is 5.91 Å². The summed E-state index contributed by atoms with van der Waals surface area (Å²) in [6.45, 7) is 9.69. The first-order chi connectivity index (χ1) is 16.1. The maximum absolute atomic E-state index is 13.7. The number of aryl methyl sites for hydroxylation is 1. The molecule has 0 saturated heterocycles.